The minimum atomic E-state index is -3.95. The normalized spacial score (nSPS) is 11.4. The van der Waals surface area contributed by atoms with E-state index in [0.29, 0.717) is 17.9 Å². The Morgan fingerprint density at radius 3 is 2.38 bits per heavy atom. The van der Waals surface area contributed by atoms with Gasteiger partial charge in [-0.15, -0.1) is 0 Å². The lowest BCUT2D eigenvalue weighted by Crippen LogP contribution is -2.15. The summed E-state index contributed by atoms with van der Waals surface area (Å²) in [5.74, 6) is 0.291. The minimum Gasteiger partial charge on any atom is -0.494 e. The molecule has 0 bridgehead atoms. The highest BCUT2D eigenvalue weighted by Gasteiger charge is 2.18. The molecule has 2 aromatic carbocycles. The monoisotopic (exact) mass is 357 g/mol. The van der Waals surface area contributed by atoms with Crippen LogP contribution in [0.2, 0.25) is 0 Å². The zero-order chi connectivity index (χ0) is 17.7. The van der Waals surface area contributed by atoms with Gasteiger partial charge < -0.3 is 9.47 Å². The van der Waals surface area contributed by atoms with Gasteiger partial charge in [0, 0.05) is 0 Å². The third-order valence-electron chi connectivity index (χ3n) is 3.04. The Labute approximate surface area is 139 Å². The fourth-order valence-corrected chi connectivity index (χ4v) is 3.07. The Kier molecular flexibility index (Phi) is 5.61. The van der Waals surface area contributed by atoms with Crippen molar-refractivity contribution in [3.63, 3.8) is 0 Å². The van der Waals surface area contributed by atoms with Crippen molar-refractivity contribution >= 4 is 15.7 Å². The molecule has 1 N–H and O–H groups in total. The topological polar surface area (TPSA) is 64.6 Å². The quantitative estimate of drug-likeness (QED) is 0.819. The number of sulfonamides is 1. The summed E-state index contributed by atoms with van der Waals surface area (Å²) < 4.78 is 61.6. The van der Waals surface area contributed by atoms with Gasteiger partial charge in [-0.2, -0.15) is 8.78 Å². The maximum absolute atomic E-state index is 12.5. The highest BCUT2D eigenvalue weighted by Crippen LogP contribution is 2.29. The molecule has 0 fully saturated rings. The zero-order valence-corrected chi connectivity index (χ0v) is 13.9. The maximum atomic E-state index is 12.5. The molecule has 0 aliphatic carbocycles. The van der Waals surface area contributed by atoms with Crippen molar-refractivity contribution in [1.82, 2.24) is 0 Å². The van der Waals surface area contributed by atoms with Crippen LogP contribution >= 0.6 is 0 Å². The van der Waals surface area contributed by atoms with E-state index in [2.05, 4.69) is 9.46 Å². The Morgan fingerprint density at radius 1 is 1.12 bits per heavy atom. The lowest BCUT2D eigenvalue weighted by atomic mass is 10.2. The molecule has 0 aromatic heterocycles. The molecule has 24 heavy (non-hydrogen) atoms. The van der Waals surface area contributed by atoms with Gasteiger partial charge >= 0.3 is 6.61 Å². The first-order valence-electron chi connectivity index (χ1n) is 7.13. The summed E-state index contributed by atoms with van der Waals surface area (Å²) in [6.45, 7) is 0.929. The second kappa shape index (κ2) is 7.48. The molecule has 0 spiro atoms. The molecular weight excluding hydrogens is 340 g/mol. The van der Waals surface area contributed by atoms with Gasteiger partial charge in [-0.1, -0.05) is 6.07 Å². The van der Waals surface area contributed by atoms with Crippen LogP contribution in [0.4, 0.5) is 14.5 Å². The molecular formula is C16H17F2NO4S. The number of anilines is 1. The summed E-state index contributed by atoms with van der Waals surface area (Å²) in [5.41, 5.74) is 0.644. The van der Waals surface area contributed by atoms with E-state index in [4.69, 9.17) is 4.74 Å². The third-order valence-corrected chi connectivity index (χ3v) is 4.42. The van der Waals surface area contributed by atoms with Crippen LogP contribution in [0.15, 0.2) is 47.4 Å². The molecule has 2 rings (SSSR count). The molecule has 0 saturated carbocycles. The van der Waals surface area contributed by atoms with Gasteiger partial charge in [-0.3, -0.25) is 4.72 Å². The number of hydrogen-bond acceptors (Lipinski definition) is 4. The number of hydrogen-bond donors (Lipinski definition) is 1. The Morgan fingerprint density at radius 2 is 1.79 bits per heavy atom. The summed E-state index contributed by atoms with van der Waals surface area (Å²) in [5, 5.41) is 0. The lowest BCUT2D eigenvalue weighted by molar-refractivity contribution is -0.0493. The van der Waals surface area contributed by atoms with Crippen molar-refractivity contribution in [2.24, 2.45) is 0 Å². The SMILES string of the molecule is CCOc1ccc(S(=O)(=O)Nc2cc(C)ccc2OC(F)F)cc1. The summed E-state index contributed by atoms with van der Waals surface area (Å²) in [7, 11) is -3.95. The van der Waals surface area contributed by atoms with E-state index in [0.717, 1.165) is 0 Å². The van der Waals surface area contributed by atoms with Crippen LogP contribution in [0.1, 0.15) is 12.5 Å². The smallest absolute Gasteiger partial charge is 0.387 e. The number of benzene rings is 2. The standard InChI is InChI=1S/C16H17F2NO4S/c1-3-22-12-5-7-13(8-6-12)24(20,21)19-14-10-11(2)4-9-15(14)23-16(17)18/h4-10,16,19H,3H2,1-2H3. The molecule has 8 heteroatoms. The van der Waals surface area contributed by atoms with Crippen LogP contribution < -0.4 is 14.2 Å². The molecule has 5 nitrogen and oxygen atoms in total. The summed E-state index contributed by atoms with van der Waals surface area (Å²) in [6.07, 6.45) is 0. The molecule has 0 radical (unpaired) electrons. The van der Waals surface area contributed by atoms with Crippen molar-refractivity contribution in [3.8, 4) is 11.5 Å². The van der Waals surface area contributed by atoms with Gasteiger partial charge in [0.25, 0.3) is 10.0 Å². The van der Waals surface area contributed by atoms with Gasteiger partial charge in [0.15, 0.2) is 0 Å². The van der Waals surface area contributed by atoms with Crippen LogP contribution in [0.25, 0.3) is 0 Å². The van der Waals surface area contributed by atoms with Crippen LogP contribution in [0.3, 0.4) is 0 Å². The molecule has 0 heterocycles. The fourth-order valence-electron chi connectivity index (χ4n) is 2.01. The Bertz CT molecular complexity index is 792. The number of halogens is 2. The first-order chi connectivity index (χ1) is 11.3. The molecule has 0 aliphatic heterocycles. The van der Waals surface area contributed by atoms with Crippen molar-refractivity contribution in [1.29, 1.82) is 0 Å². The molecule has 0 atom stereocenters. The summed E-state index contributed by atoms with van der Waals surface area (Å²) >= 11 is 0. The van der Waals surface area contributed by atoms with Crippen LogP contribution in [0, 0.1) is 6.92 Å². The van der Waals surface area contributed by atoms with Crippen LogP contribution in [0.5, 0.6) is 11.5 Å². The van der Waals surface area contributed by atoms with E-state index in [1.165, 1.54) is 36.4 Å². The average Bonchev–Trinajstić information content (AvgIpc) is 2.50. The van der Waals surface area contributed by atoms with Crippen LogP contribution in [-0.4, -0.2) is 21.6 Å². The van der Waals surface area contributed by atoms with Gasteiger partial charge in [0.2, 0.25) is 0 Å². The Balaban J connectivity index is 2.30. The van der Waals surface area contributed by atoms with Gasteiger partial charge in [-0.25, -0.2) is 8.42 Å². The second-order valence-electron chi connectivity index (χ2n) is 4.89. The number of rotatable bonds is 7. The van der Waals surface area contributed by atoms with E-state index >= 15 is 0 Å². The predicted octanol–water partition coefficient (Wildman–Crippen LogP) is 3.80. The predicted molar refractivity (Wildman–Crippen MR) is 86.2 cm³/mol. The van der Waals surface area contributed by atoms with Gasteiger partial charge in [-0.05, 0) is 55.8 Å². The van der Waals surface area contributed by atoms with E-state index in [1.807, 2.05) is 6.92 Å². The zero-order valence-electron chi connectivity index (χ0n) is 13.1. The first-order valence-corrected chi connectivity index (χ1v) is 8.61. The molecule has 0 amide bonds. The van der Waals surface area contributed by atoms with E-state index in [9.17, 15) is 17.2 Å². The third kappa shape index (κ3) is 4.58. The largest absolute Gasteiger partial charge is 0.494 e. The van der Waals surface area contributed by atoms with Crippen molar-refractivity contribution < 1.29 is 26.7 Å². The van der Waals surface area contributed by atoms with E-state index in [1.54, 1.807) is 13.0 Å². The first kappa shape index (κ1) is 18.0. The van der Waals surface area contributed by atoms with Gasteiger partial charge in [0.05, 0.1) is 17.2 Å². The molecule has 0 unspecified atom stereocenters. The van der Waals surface area contributed by atoms with Crippen molar-refractivity contribution in [2.75, 3.05) is 11.3 Å². The fraction of sp³-hybridized carbons (Fsp3) is 0.250. The molecule has 2 aromatic rings. The number of aryl methyl sites for hydroxylation is 1. The lowest BCUT2D eigenvalue weighted by Gasteiger charge is -2.14. The van der Waals surface area contributed by atoms with Crippen molar-refractivity contribution in [2.45, 2.75) is 25.4 Å². The molecule has 130 valence electrons. The van der Waals surface area contributed by atoms with Crippen molar-refractivity contribution in [3.05, 3.63) is 48.0 Å². The average molecular weight is 357 g/mol. The molecule has 0 aliphatic rings. The summed E-state index contributed by atoms with van der Waals surface area (Å²) in [6, 6.07) is 10.0. The van der Waals surface area contributed by atoms with E-state index in [-0.39, 0.29) is 16.3 Å². The van der Waals surface area contributed by atoms with E-state index < -0.39 is 16.6 Å². The molecule has 0 saturated heterocycles. The van der Waals surface area contributed by atoms with Crippen LogP contribution in [-0.2, 0) is 10.0 Å². The highest BCUT2D eigenvalue weighted by molar-refractivity contribution is 7.92. The highest BCUT2D eigenvalue weighted by atomic mass is 32.2. The Hall–Kier alpha value is -2.35. The summed E-state index contributed by atoms with van der Waals surface area (Å²) in [4.78, 5) is -0.0181. The second-order valence-corrected chi connectivity index (χ2v) is 6.57. The minimum absolute atomic E-state index is 0.0181. The number of alkyl halides is 2. The maximum Gasteiger partial charge on any atom is 0.387 e. The number of ether oxygens (including phenoxy) is 2. The van der Waals surface area contributed by atoms with Gasteiger partial charge in [0.1, 0.15) is 11.5 Å². The number of nitrogens with one attached hydrogen (secondary N) is 1.